The Morgan fingerprint density at radius 1 is 1.53 bits per heavy atom. The first-order chi connectivity index (χ1) is 7.14. The van der Waals surface area contributed by atoms with Gasteiger partial charge in [-0.1, -0.05) is 13.8 Å². The maximum absolute atomic E-state index is 9.88. The second-order valence-electron chi connectivity index (χ2n) is 5.14. The third kappa shape index (κ3) is 2.71. The Bertz CT molecular complexity index is 216. The lowest BCUT2D eigenvalue weighted by Gasteiger charge is -2.20. The zero-order valence-electron chi connectivity index (χ0n) is 9.91. The minimum Gasteiger partial charge on any atom is -0.390 e. The van der Waals surface area contributed by atoms with Gasteiger partial charge in [0.05, 0.1) is 18.3 Å². The van der Waals surface area contributed by atoms with Crippen LogP contribution in [0.25, 0.3) is 0 Å². The molecule has 1 aliphatic carbocycles. The Hall–Kier alpha value is -0.120. The first-order valence-electron chi connectivity index (χ1n) is 6.20. The zero-order valence-corrected chi connectivity index (χ0v) is 9.91. The Balaban J connectivity index is 1.66. The van der Waals surface area contributed by atoms with Crippen LogP contribution in [0.5, 0.6) is 0 Å². The van der Waals surface area contributed by atoms with Crippen molar-refractivity contribution >= 4 is 0 Å². The van der Waals surface area contributed by atoms with Gasteiger partial charge in [0.25, 0.3) is 0 Å². The topological polar surface area (TPSA) is 32.7 Å². The van der Waals surface area contributed by atoms with Gasteiger partial charge in [0.15, 0.2) is 0 Å². The van der Waals surface area contributed by atoms with E-state index in [2.05, 4.69) is 18.7 Å². The molecule has 0 aromatic carbocycles. The fraction of sp³-hybridized carbons (Fsp3) is 1.00. The molecule has 1 saturated carbocycles. The predicted molar refractivity (Wildman–Crippen MR) is 59.8 cm³/mol. The number of nitrogens with zero attached hydrogens (tertiary/aromatic N) is 1. The third-order valence-corrected chi connectivity index (χ3v) is 3.94. The summed E-state index contributed by atoms with van der Waals surface area (Å²) in [5.41, 5.74) is -0.386. The van der Waals surface area contributed by atoms with Crippen molar-refractivity contribution in [1.29, 1.82) is 0 Å². The summed E-state index contributed by atoms with van der Waals surface area (Å²) in [5, 5.41) is 9.88. The van der Waals surface area contributed by atoms with Gasteiger partial charge in [-0.3, -0.25) is 0 Å². The SMILES string of the molecule is CCN1CCC(OCC(C)C2(O)CC2)C1. The van der Waals surface area contributed by atoms with Crippen molar-refractivity contribution in [2.24, 2.45) is 5.92 Å². The molecule has 2 aliphatic rings. The van der Waals surface area contributed by atoms with Gasteiger partial charge in [-0.25, -0.2) is 0 Å². The van der Waals surface area contributed by atoms with Crippen molar-refractivity contribution in [3.05, 3.63) is 0 Å². The molecule has 0 spiro atoms. The van der Waals surface area contributed by atoms with Crippen LogP contribution in [-0.2, 0) is 4.74 Å². The van der Waals surface area contributed by atoms with Crippen LogP contribution in [0.2, 0.25) is 0 Å². The van der Waals surface area contributed by atoms with E-state index in [1.807, 2.05) is 0 Å². The van der Waals surface area contributed by atoms with E-state index in [9.17, 15) is 5.11 Å². The predicted octanol–water partition coefficient (Wildman–Crippen LogP) is 1.26. The van der Waals surface area contributed by atoms with Crippen LogP contribution >= 0.6 is 0 Å². The van der Waals surface area contributed by atoms with Crippen LogP contribution in [0, 0.1) is 5.92 Å². The molecule has 1 aliphatic heterocycles. The Morgan fingerprint density at radius 3 is 2.80 bits per heavy atom. The van der Waals surface area contributed by atoms with E-state index in [4.69, 9.17) is 4.74 Å². The number of likely N-dealkylation sites (N-methyl/N-ethyl adjacent to an activating group) is 1. The standard InChI is InChI=1S/C12H23NO2/c1-3-13-7-4-11(8-13)15-9-10(2)12(14)5-6-12/h10-11,14H,3-9H2,1-2H3. The molecule has 1 saturated heterocycles. The largest absolute Gasteiger partial charge is 0.390 e. The van der Waals surface area contributed by atoms with E-state index < -0.39 is 0 Å². The van der Waals surface area contributed by atoms with Crippen molar-refractivity contribution < 1.29 is 9.84 Å². The normalized spacial score (nSPS) is 31.8. The molecule has 88 valence electrons. The van der Waals surface area contributed by atoms with E-state index in [1.54, 1.807) is 0 Å². The summed E-state index contributed by atoms with van der Waals surface area (Å²) in [5.74, 6) is 0.299. The lowest BCUT2D eigenvalue weighted by atomic mass is 10.0. The second kappa shape index (κ2) is 4.40. The van der Waals surface area contributed by atoms with E-state index >= 15 is 0 Å². The van der Waals surface area contributed by atoms with Gasteiger partial charge in [0, 0.05) is 19.0 Å². The van der Waals surface area contributed by atoms with Crippen LogP contribution in [-0.4, -0.2) is 48.0 Å². The summed E-state index contributed by atoms with van der Waals surface area (Å²) in [6.45, 7) is 8.37. The molecular formula is C12H23NO2. The van der Waals surface area contributed by atoms with Gasteiger partial charge in [-0.15, -0.1) is 0 Å². The molecule has 0 bridgehead atoms. The lowest BCUT2D eigenvalue weighted by Crippen LogP contribution is -2.28. The van der Waals surface area contributed by atoms with Gasteiger partial charge < -0.3 is 14.7 Å². The van der Waals surface area contributed by atoms with Gasteiger partial charge in [-0.2, -0.15) is 0 Å². The third-order valence-electron chi connectivity index (χ3n) is 3.94. The fourth-order valence-electron chi connectivity index (χ4n) is 2.28. The van der Waals surface area contributed by atoms with E-state index in [0.717, 1.165) is 39.0 Å². The molecule has 0 amide bonds. The quantitative estimate of drug-likeness (QED) is 0.746. The van der Waals surface area contributed by atoms with Crippen molar-refractivity contribution in [2.75, 3.05) is 26.2 Å². The van der Waals surface area contributed by atoms with Crippen LogP contribution in [0.3, 0.4) is 0 Å². The summed E-state index contributed by atoms with van der Waals surface area (Å²) < 4.78 is 5.86. The van der Waals surface area contributed by atoms with Crippen molar-refractivity contribution in [1.82, 2.24) is 4.90 Å². The number of likely N-dealkylation sites (tertiary alicyclic amines) is 1. The van der Waals surface area contributed by atoms with Gasteiger partial charge >= 0.3 is 0 Å². The fourth-order valence-corrected chi connectivity index (χ4v) is 2.28. The summed E-state index contributed by atoms with van der Waals surface area (Å²) in [4.78, 5) is 2.42. The Morgan fingerprint density at radius 2 is 2.27 bits per heavy atom. The highest BCUT2D eigenvalue weighted by Gasteiger charge is 2.45. The van der Waals surface area contributed by atoms with Crippen LogP contribution in [0.15, 0.2) is 0 Å². The minimum absolute atomic E-state index is 0.299. The average Bonchev–Trinajstić information content (AvgIpc) is 2.83. The smallest absolute Gasteiger partial charge is 0.0714 e. The summed E-state index contributed by atoms with van der Waals surface area (Å²) in [6, 6.07) is 0. The number of rotatable bonds is 5. The maximum atomic E-state index is 9.88. The van der Waals surface area contributed by atoms with E-state index in [-0.39, 0.29) is 5.60 Å². The van der Waals surface area contributed by atoms with Crippen molar-refractivity contribution in [3.8, 4) is 0 Å². The Labute approximate surface area is 92.4 Å². The summed E-state index contributed by atoms with van der Waals surface area (Å²) in [7, 11) is 0. The van der Waals surface area contributed by atoms with Crippen LogP contribution in [0.1, 0.15) is 33.1 Å². The van der Waals surface area contributed by atoms with Gasteiger partial charge in [0.2, 0.25) is 0 Å². The monoisotopic (exact) mass is 213 g/mol. The molecule has 1 N–H and O–H groups in total. The van der Waals surface area contributed by atoms with E-state index in [1.165, 1.54) is 6.54 Å². The number of hydrogen-bond acceptors (Lipinski definition) is 3. The Kier molecular flexibility index (Phi) is 3.33. The zero-order chi connectivity index (χ0) is 10.9. The minimum atomic E-state index is -0.386. The molecule has 0 aromatic heterocycles. The molecule has 2 rings (SSSR count). The highest BCUT2D eigenvalue weighted by atomic mass is 16.5. The molecule has 3 heteroatoms. The molecular weight excluding hydrogens is 190 g/mol. The number of aliphatic hydroxyl groups is 1. The lowest BCUT2D eigenvalue weighted by molar-refractivity contribution is -0.0108. The molecule has 2 fully saturated rings. The second-order valence-corrected chi connectivity index (χ2v) is 5.14. The first kappa shape index (κ1) is 11.4. The van der Waals surface area contributed by atoms with Crippen molar-refractivity contribution in [2.45, 2.75) is 44.8 Å². The van der Waals surface area contributed by atoms with Crippen LogP contribution < -0.4 is 0 Å². The highest BCUT2D eigenvalue weighted by Crippen LogP contribution is 2.42. The molecule has 2 unspecified atom stereocenters. The molecule has 2 atom stereocenters. The maximum Gasteiger partial charge on any atom is 0.0714 e. The molecule has 15 heavy (non-hydrogen) atoms. The number of ether oxygens (including phenoxy) is 1. The van der Waals surface area contributed by atoms with Gasteiger partial charge in [-0.05, 0) is 25.8 Å². The van der Waals surface area contributed by atoms with E-state index in [0.29, 0.717) is 12.0 Å². The van der Waals surface area contributed by atoms with Gasteiger partial charge in [0.1, 0.15) is 0 Å². The summed E-state index contributed by atoms with van der Waals surface area (Å²) in [6.07, 6.45) is 3.47. The molecule has 3 nitrogen and oxygen atoms in total. The average molecular weight is 213 g/mol. The molecule has 0 aromatic rings. The molecule has 0 radical (unpaired) electrons. The van der Waals surface area contributed by atoms with Crippen LogP contribution in [0.4, 0.5) is 0 Å². The number of hydrogen-bond donors (Lipinski definition) is 1. The highest BCUT2D eigenvalue weighted by molar-refractivity contribution is 4.97. The van der Waals surface area contributed by atoms with Crippen molar-refractivity contribution in [3.63, 3.8) is 0 Å². The summed E-state index contributed by atoms with van der Waals surface area (Å²) >= 11 is 0. The molecule has 1 heterocycles. The first-order valence-corrected chi connectivity index (χ1v) is 6.20.